The lowest BCUT2D eigenvalue weighted by molar-refractivity contribution is -0.130. The average molecular weight is 763 g/mol. The molecular formula is C53H82N2O. The maximum Gasteiger partial charge on any atom is 0.222 e. The van der Waals surface area contributed by atoms with Crippen molar-refractivity contribution in [2.24, 2.45) is 35.5 Å². The molecule has 3 aromatic rings. The fourth-order valence-corrected chi connectivity index (χ4v) is 9.92. The molecule has 0 aromatic heterocycles. The van der Waals surface area contributed by atoms with Gasteiger partial charge in [-0.15, -0.1) is 0 Å². The zero-order valence-corrected chi connectivity index (χ0v) is 38.2. The molecule has 0 saturated carbocycles. The Bertz CT molecular complexity index is 1590. The Morgan fingerprint density at radius 2 is 1.09 bits per heavy atom. The van der Waals surface area contributed by atoms with Gasteiger partial charge in [0.25, 0.3) is 0 Å². The molecule has 0 radical (unpaired) electrons. The maximum atomic E-state index is 13.4. The molecule has 3 nitrogen and oxygen atoms in total. The normalized spacial score (nSPS) is 16.6. The zero-order chi connectivity index (χ0) is 41.1. The minimum Gasteiger partial charge on any atom is -0.340 e. The zero-order valence-electron chi connectivity index (χ0n) is 38.2. The SMILES string of the molecule is CC(C)CC(c1ccc(C(CC(CC(CC(C)C)N2CCCC2=O)c2ccc(C(CC(C)C)C(C)C)c(CN(C)Cc3ccccc3)c2)C(C)C)cc1)C(C)C. The largest absolute Gasteiger partial charge is 0.340 e. The van der Waals surface area contributed by atoms with Crippen molar-refractivity contribution in [2.75, 3.05) is 13.6 Å². The van der Waals surface area contributed by atoms with Crippen molar-refractivity contribution >= 4 is 5.91 Å². The van der Waals surface area contributed by atoms with Crippen molar-refractivity contribution in [1.82, 2.24) is 9.80 Å². The van der Waals surface area contributed by atoms with Crippen molar-refractivity contribution in [3.8, 4) is 0 Å². The van der Waals surface area contributed by atoms with Gasteiger partial charge >= 0.3 is 0 Å². The van der Waals surface area contributed by atoms with Crippen LogP contribution in [0.15, 0.2) is 72.8 Å². The van der Waals surface area contributed by atoms with E-state index in [4.69, 9.17) is 0 Å². The predicted molar refractivity (Wildman–Crippen MR) is 242 cm³/mol. The third-order valence-electron chi connectivity index (χ3n) is 12.8. The molecule has 56 heavy (non-hydrogen) atoms. The topological polar surface area (TPSA) is 23.6 Å². The standard InChI is InChI=1S/C53H82N2O/c1-36(2)28-48(55-27-17-20-53(55)56)32-46(33-51(40(9)10)44-23-21-43(22-24-44)50(39(7)8)29-37(3)4)45-25-26-49(52(41(11)12)30-38(5)6)47(31-45)35-54(13)34-42-18-15-14-16-19-42/h14-16,18-19,21-26,31,36-41,46,48,50-52H,17,20,27-30,32-35H2,1-13H3. The van der Waals surface area contributed by atoms with Crippen LogP contribution in [0, 0.1) is 35.5 Å². The summed E-state index contributed by atoms with van der Waals surface area (Å²) in [5, 5.41) is 0. The van der Waals surface area contributed by atoms with Gasteiger partial charge in [0.2, 0.25) is 5.91 Å². The van der Waals surface area contributed by atoms with Gasteiger partial charge in [-0.3, -0.25) is 9.69 Å². The number of benzene rings is 3. The minimum atomic E-state index is 0.265. The monoisotopic (exact) mass is 763 g/mol. The Hall–Kier alpha value is -2.91. The predicted octanol–water partition coefficient (Wildman–Crippen LogP) is 14.2. The Morgan fingerprint density at radius 3 is 1.59 bits per heavy atom. The molecule has 0 bridgehead atoms. The fourth-order valence-electron chi connectivity index (χ4n) is 9.92. The van der Waals surface area contributed by atoms with Gasteiger partial charge in [0.05, 0.1) is 0 Å². The van der Waals surface area contributed by atoms with Gasteiger partial charge in [-0.1, -0.05) is 156 Å². The van der Waals surface area contributed by atoms with E-state index in [1.807, 2.05) is 0 Å². The summed E-state index contributed by atoms with van der Waals surface area (Å²) in [7, 11) is 2.29. The number of hydrogen-bond acceptors (Lipinski definition) is 2. The van der Waals surface area contributed by atoms with E-state index >= 15 is 0 Å². The lowest BCUT2D eigenvalue weighted by Crippen LogP contribution is -2.38. The molecule has 0 N–H and O–H groups in total. The summed E-state index contributed by atoms with van der Waals surface area (Å²) >= 11 is 0. The van der Waals surface area contributed by atoms with Crippen LogP contribution >= 0.6 is 0 Å². The van der Waals surface area contributed by atoms with Crippen LogP contribution in [0.4, 0.5) is 0 Å². The molecule has 0 aliphatic carbocycles. The Balaban J connectivity index is 1.81. The van der Waals surface area contributed by atoms with Crippen molar-refractivity contribution in [1.29, 1.82) is 0 Å². The van der Waals surface area contributed by atoms with Gasteiger partial charge in [0.1, 0.15) is 0 Å². The molecule has 0 spiro atoms. The quantitative estimate of drug-likeness (QED) is 0.102. The van der Waals surface area contributed by atoms with Gasteiger partial charge in [-0.25, -0.2) is 0 Å². The molecule has 1 fully saturated rings. The number of nitrogens with zero attached hydrogens (tertiary/aromatic N) is 2. The van der Waals surface area contributed by atoms with Crippen molar-refractivity contribution in [2.45, 2.75) is 171 Å². The molecule has 1 heterocycles. The second-order valence-corrected chi connectivity index (χ2v) is 20.2. The van der Waals surface area contributed by atoms with E-state index in [2.05, 4.69) is 173 Å². The van der Waals surface area contributed by atoms with Crippen LogP contribution in [-0.2, 0) is 17.9 Å². The first-order valence-electron chi connectivity index (χ1n) is 22.8. The number of amides is 1. The third-order valence-corrected chi connectivity index (χ3v) is 12.8. The average Bonchev–Trinajstić information content (AvgIpc) is 3.56. The molecule has 4 rings (SSSR count). The molecule has 3 heteroatoms. The minimum absolute atomic E-state index is 0.265. The summed E-state index contributed by atoms with van der Waals surface area (Å²) in [5.74, 6) is 5.80. The number of carbonyl (C=O) groups is 1. The van der Waals surface area contributed by atoms with Gasteiger partial charge in [0.15, 0.2) is 0 Å². The molecule has 1 saturated heterocycles. The summed E-state index contributed by atoms with van der Waals surface area (Å²) in [6, 6.07) is 28.7. The van der Waals surface area contributed by atoms with Crippen molar-refractivity contribution in [3.63, 3.8) is 0 Å². The lowest BCUT2D eigenvalue weighted by atomic mass is 9.74. The highest BCUT2D eigenvalue weighted by atomic mass is 16.2. The Labute approximate surface area is 345 Å². The van der Waals surface area contributed by atoms with E-state index < -0.39 is 0 Å². The Kier molecular flexibility index (Phi) is 17.8. The smallest absolute Gasteiger partial charge is 0.222 e. The fraction of sp³-hybridized carbons (Fsp3) is 0.642. The highest BCUT2D eigenvalue weighted by molar-refractivity contribution is 5.78. The van der Waals surface area contributed by atoms with Crippen LogP contribution in [0.25, 0.3) is 0 Å². The van der Waals surface area contributed by atoms with E-state index in [9.17, 15) is 4.79 Å². The van der Waals surface area contributed by atoms with Gasteiger partial charge in [-0.2, -0.15) is 0 Å². The van der Waals surface area contributed by atoms with Crippen LogP contribution in [0.2, 0.25) is 0 Å². The van der Waals surface area contributed by atoms with Crippen LogP contribution in [0.5, 0.6) is 0 Å². The van der Waals surface area contributed by atoms with Crippen LogP contribution in [-0.4, -0.2) is 35.3 Å². The number of likely N-dealkylation sites (tertiary alicyclic amines) is 1. The first-order chi connectivity index (χ1) is 26.5. The van der Waals surface area contributed by atoms with E-state index in [1.165, 1.54) is 46.2 Å². The summed E-state index contributed by atoms with van der Waals surface area (Å²) < 4.78 is 0. The second-order valence-electron chi connectivity index (χ2n) is 20.2. The van der Waals surface area contributed by atoms with Crippen LogP contribution < -0.4 is 0 Å². The molecule has 5 atom stereocenters. The summed E-state index contributed by atoms with van der Waals surface area (Å²) in [6.45, 7) is 31.3. The Morgan fingerprint density at radius 1 is 0.571 bits per heavy atom. The van der Waals surface area contributed by atoms with Gasteiger partial charge < -0.3 is 4.90 Å². The van der Waals surface area contributed by atoms with Gasteiger partial charge in [-0.05, 0) is 138 Å². The molecular weight excluding hydrogens is 681 g/mol. The van der Waals surface area contributed by atoms with Crippen LogP contribution in [0.1, 0.15) is 185 Å². The van der Waals surface area contributed by atoms with E-state index in [0.717, 1.165) is 45.3 Å². The molecule has 5 unspecified atom stereocenters. The van der Waals surface area contributed by atoms with E-state index in [-0.39, 0.29) is 6.04 Å². The maximum absolute atomic E-state index is 13.4. The lowest BCUT2D eigenvalue weighted by Gasteiger charge is -2.35. The number of carbonyl (C=O) groups excluding carboxylic acids is 1. The molecule has 1 aliphatic rings. The van der Waals surface area contributed by atoms with E-state index in [0.29, 0.717) is 71.5 Å². The number of hydrogen-bond donors (Lipinski definition) is 0. The third kappa shape index (κ3) is 13.3. The van der Waals surface area contributed by atoms with E-state index in [1.54, 1.807) is 0 Å². The highest BCUT2D eigenvalue weighted by Crippen LogP contribution is 2.42. The van der Waals surface area contributed by atoms with Crippen molar-refractivity contribution in [3.05, 3.63) is 106 Å². The molecule has 3 aromatic carbocycles. The molecule has 1 amide bonds. The first kappa shape index (κ1) is 45.8. The molecule has 310 valence electrons. The molecule has 1 aliphatic heterocycles. The van der Waals surface area contributed by atoms with Crippen molar-refractivity contribution < 1.29 is 4.79 Å². The van der Waals surface area contributed by atoms with Gasteiger partial charge in [0, 0.05) is 32.1 Å². The second kappa shape index (κ2) is 21.7. The summed E-state index contributed by atoms with van der Waals surface area (Å²) in [5.41, 5.74) is 8.79. The number of rotatable bonds is 22. The first-order valence-corrected chi connectivity index (χ1v) is 22.8. The summed E-state index contributed by atoms with van der Waals surface area (Å²) in [4.78, 5) is 18.2. The highest BCUT2D eigenvalue weighted by Gasteiger charge is 2.33. The van der Waals surface area contributed by atoms with Crippen LogP contribution in [0.3, 0.4) is 0 Å². The summed E-state index contributed by atoms with van der Waals surface area (Å²) in [6.07, 6.45) is 7.29.